The van der Waals surface area contributed by atoms with E-state index in [1.807, 2.05) is 19.1 Å². The SMILES string of the molecule is C=CCC1=CCC=C(C)C1=O. The minimum absolute atomic E-state index is 0.177. The van der Waals surface area contributed by atoms with Crippen LogP contribution in [0, 0.1) is 0 Å². The first-order valence-electron chi connectivity index (χ1n) is 3.77. The summed E-state index contributed by atoms with van der Waals surface area (Å²) in [5.74, 6) is 0.177. The molecule has 0 fully saturated rings. The number of hydrogen-bond donors (Lipinski definition) is 0. The zero-order valence-corrected chi connectivity index (χ0v) is 6.76. The molecule has 0 saturated carbocycles. The molecule has 11 heavy (non-hydrogen) atoms. The quantitative estimate of drug-likeness (QED) is 0.549. The van der Waals surface area contributed by atoms with Crippen molar-refractivity contribution in [2.75, 3.05) is 0 Å². The highest BCUT2D eigenvalue weighted by molar-refractivity contribution is 6.08. The van der Waals surface area contributed by atoms with Gasteiger partial charge in [-0.3, -0.25) is 4.79 Å². The van der Waals surface area contributed by atoms with Crippen molar-refractivity contribution in [3.63, 3.8) is 0 Å². The summed E-state index contributed by atoms with van der Waals surface area (Å²) >= 11 is 0. The first kappa shape index (κ1) is 7.99. The molecule has 0 radical (unpaired) electrons. The third-order valence-corrected chi connectivity index (χ3v) is 1.80. The number of carbonyl (C=O) groups excluding carboxylic acids is 1. The Bertz CT molecular complexity index is 244. The molecule has 0 aromatic heterocycles. The maximum atomic E-state index is 11.3. The molecule has 0 saturated heterocycles. The lowest BCUT2D eigenvalue weighted by atomic mass is 9.96. The van der Waals surface area contributed by atoms with Crippen LogP contribution in [-0.4, -0.2) is 5.78 Å². The lowest BCUT2D eigenvalue weighted by molar-refractivity contribution is -0.112. The van der Waals surface area contributed by atoms with Gasteiger partial charge >= 0.3 is 0 Å². The first-order valence-corrected chi connectivity index (χ1v) is 3.77. The van der Waals surface area contributed by atoms with Crippen LogP contribution in [-0.2, 0) is 4.79 Å². The molecule has 0 spiro atoms. The molecule has 0 aromatic rings. The van der Waals surface area contributed by atoms with E-state index < -0.39 is 0 Å². The largest absolute Gasteiger partial charge is 0.289 e. The highest BCUT2D eigenvalue weighted by Crippen LogP contribution is 2.16. The minimum Gasteiger partial charge on any atom is -0.289 e. The van der Waals surface area contributed by atoms with E-state index >= 15 is 0 Å². The predicted molar refractivity (Wildman–Crippen MR) is 46.3 cm³/mol. The summed E-state index contributed by atoms with van der Waals surface area (Å²) in [6.45, 7) is 5.46. The Labute approximate surface area is 67.1 Å². The van der Waals surface area contributed by atoms with Gasteiger partial charge in [0.05, 0.1) is 0 Å². The number of hydrogen-bond acceptors (Lipinski definition) is 1. The molecule has 0 aromatic carbocycles. The second-order valence-corrected chi connectivity index (χ2v) is 2.67. The zero-order valence-electron chi connectivity index (χ0n) is 6.76. The second-order valence-electron chi connectivity index (χ2n) is 2.67. The third kappa shape index (κ3) is 1.67. The van der Waals surface area contributed by atoms with Gasteiger partial charge in [-0.15, -0.1) is 6.58 Å². The summed E-state index contributed by atoms with van der Waals surface area (Å²) in [4.78, 5) is 11.3. The van der Waals surface area contributed by atoms with Crippen LogP contribution in [0.1, 0.15) is 19.8 Å². The van der Waals surface area contributed by atoms with E-state index in [1.165, 1.54) is 0 Å². The molecule has 0 N–H and O–H groups in total. The van der Waals surface area contributed by atoms with Crippen molar-refractivity contribution < 1.29 is 4.79 Å². The van der Waals surface area contributed by atoms with Gasteiger partial charge in [-0.1, -0.05) is 18.2 Å². The van der Waals surface area contributed by atoms with Crippen molar-refractivity contribution >= 4 is 5.78 Å². The zero-order chi connectivity index (χ0) is 8.27. The van der Waals surface area contributed by atoms with Gasteiger partial charge in [-0.25, -0.2) is 0 Å². The molecule has 58 valence electrons. The fourth-order valence-corrected chi connectivity index (χ4v) is 1.15. The van der Waals surface area contributed by atoms with Gasteiger partial charge < -0.3 is 0 Å². The van der Waals surface area contributed by atoms with Crippen LogP contribution in [0.25, 0.3) is 0 Å². The van der Waals surface area contributed by atoms with Crippen molar-refractivity contribution in [2.24, 2.45) is 0 Å². The summed E-state index contributed by atoms with van der Waals surface area (Å²) < 4.78 is 0. The summed E-state index contributed by atoms with van der Waals surface area (Å²) in [5, 5.41) is 0. The van der Waals surface area contributed by atoms with Gasteiger partial charge in [0.2, 0.25) is 0 Å². The molecule has 1 rings (SSSR count). The van der Waals surface area contributed by atoms with Gasteiger partial charge in [0, 0.05) is 0 Å². The Morgan fingerprint density at radius 1 is 1.64 bits per heavy atom. The Morgan fingerprint density at radius 2 is 2.36 bits per heavy atom. The van der Waals surface area contributed by atoms with Crippen LogP contribution in [0.5, 0.6) is 0 Å². The van der Waals surface area contributed by atoms with E-state index in [-0.39, 0.29) is 5.78 Å². The third-order valence-electron chi connectivity index (χ3n) is 1.80. The van der Waals surface area contributed by atoms with Crippen molar-refractivity contribution in [1.29, 1.82) is 0 Å². The number of Topliss-reactive ketones (excluding diaryl/α,β-unsaturated/α-hetero) is 1. The number of rotatable bonds is 2. The van der Waals surface area contributed by atoms with E-state index in [0.717, 1.165) is 17.6 Å². The van der Waals surface area contributed by atoms with E-state index in [0.29, 0.717) is 6.42 Å². The van der Waals surface area contributed by atoms with Gasteiger partial charge in [-0.05, 0) is 30.9 Å². The second kappa shape index (κ2) is 3.33. The van der Waals surface area contributed by atoms with Gasteiger partial charge in [0.15, 0.2) is 5.78 Å². The molecule has 1 nitrogen and oxygen atoms in total. The molecule has 0 heterocycles. The van der Waals surface area contributed by atoms with Crippen LogP contribution in [0.4, 0.5) is 0 Å². The standard InChI is InChI=1S/C10H12O/c1-3-5-9-7-4-6-8(2)10(9)11/h3,6-7H,1,4-5H2,2H3. The molecular formula is C10H12O. The van der Waals surface area contributed by atoms with Crippen molar-refractivity contribution in [1.82, 2.24) is 0 Å². The molecule has 1 aliphatic rings. The van der Waals surface area contributed by atoms with Crippen molar-refractivity contribution in [2.45, 2.75) is 19.8 Å². The Morgan fingerprint density at radius 3 is 3.00 bits per heavy atom. The topological polar surface area (TPSA) is 17.1 Å². The maximum Gasteiger partial charge on any atom is 0.184 e. The fourth-order valence-electron chi connectivity index (χ4n) is 1.15. The van der Waals surface area contributed by atoms with Crippen LogP contribution >= 0.6 is 0 Å². The average Bonchev–Trinajstić information content (AvgIpc) is 1.99. The molecule has 0 bridgehead atoms. The first-order chi connectivity index (χ1) is 5.25. The molecule has 0 atom stereocenters. The summed E-state index contributed by atoms with van der Waals surface area (Å²) in [6, 6.07) is 0. The molecule has 1 aliphatic carbocycles. The summed E-state index contributed by atoms with van der Waals surface area (Å²) in [5.41, 5.74) is 1.75. The molecule has 1 heteroatoms. The van der Waals surface area contributed by atoms with Crippen LogP contribution < -0.4 is 0 Å². The normalized spacial score (nSPS) is 17.4. The summed E-state index contributed by atoms with van der Waals surface area (Å²) in [7, 11) is 0. The number of ketones is 1. The predicted octanol–water partition coefficient (Wildman–Crippen LogP) is 2.41. The highest BCUT2D eigenvalue weighted by Gasteiger charge is 2.12. The van der Waals surface area contributed by atoms with E-state index in [4.69, 9.17) is 0 Å². The lowest BCUT2D eigenvalue weighted by Crippen LogP contribution is -2.06. The molecule has 0 aliphatic heterocycles. The number of carbonyl (C=O) groups is 1. The highest BCUT2D eigenvalue weighted by atomic mass is 16.1. The Hall–Kier alpha value is -1.11. The molecule has 0 unspecified atom stereocenters. The smallest absolute Gasteiger partial charge is 0.184 e. The number of allylic oxidation sites excluding steroid dienone is 5. The monoisotopic (exact) mass is 148 g/mol. The van der Waals surface area contributed by atoms with Gasteiger partial charge in [0.25, 0.3) is 0 Å². The van der Waals surface area contributed by atoms with Crippen molar-refractivity contribution in [3.05, 3.63) is 36.0 Å². The minimum atomic E-state index is 0.177. The van der Waals surface area contributed by atoms with Crippen molar-refractivity contribution in [3.8, 4) is 0 Å². The Balaban J connectivity index is 2.75. The fraction of sp³-hybridized carbons (Fsp3) is 0.300. The Kier molecular flexibility index (Phi) is 2.42. The van der Waals surface area contributed by atoms with Crippen LogP contribution in [0.2, 0.25) is 0 Å². The van der Waals surface area contributed by atoms with E-state index in [1.54, 1.807) is 6.08 Å². The maximum absolute atomic E-state index is 11.3. The van der Waals surface area contributed by atoms with Crippen LogP contribution in [0.15, 0.2) is 36.0 Å². The van der Waals surface area contributed by atoms with E-state index in [9.17, 15) is 4.79 Å². The van der Waals surface area contributed by atoms with Crippen LogP contribution in [0.3, 0.4) is 0 Å². The average molecular weight is 148 g/mol. The van der Waals surface area contributed by atoms with Gasteiger partial charge in [0.1, 0.15) is 0 Å². The molecule has 0 amide bonds. The summed E-state index contributed by atoms with van der Waals surface area (Å²) in [6.07, 6.45) is 7.28. The van der Waals surface area contributed by atoms with Gasteiger partial charge in [-0.2, -0.15) is 0 Å². The lowest BCUT2D eigenvalue weighted by Gasteiger charge is -2.08. The molecular weight excluding hydrogens is 136 g/mol. The van der Waals surface area contributed by atoms with E-state index in [2.05, 4.69) is 6.58 Å².